The Morgan fingerprint density at radius 3 is 2.62 bits per heavy atom. The number of hydrogen-bond donors (Lipinski definition) is 4. The standard InChI is InChI=1S/C10H12IN5O3.C5H3IN4/c11-1-4-6(17)7(18)10(19-4)16-3-15-5-8(12)13-2-14-9(5)16;6-4-3-5(9-1-7-3)10-2-8-4/h2-4,6-7,10,17-18H,1H2,(H2,12,13,14);1-2H,(H,7,8,9,10)/t4-,6-,7-,10-;/m1./s1. The summed E-state index contributed by atoms with van der Waals surface area (Å²) in [5, 5.41) is 19.9. The molecule has 4 aromatic rings. The molecule has 0 aliphatic carbocycles. The van der Waals surface area contributed by atoms with Crippen molar-refractivity contribution in [1.29, 1.82) is 0 Å². The Bertz CT molecular complexity index is 1140. The predicted molar refractivity (Wildman–Crippen MR) is 119 cm³/mol. The molecule has 5 rings (SSSR count). The molecule has 4 aromatic heterocycles. The summed E-state index contributed by atoms with van der Waals surface area (Å²) in [5.74, 6) is 0.266. The molecule has 0 unspecified atom stereocenters. The normalized spacial score (nSPS) is 24.0. The summed E-state index contributed by atoms with van der Waals surface area (Å²) in [6.07, 6.45) is 2.81. The Labute approximate surface area is 190 Å². The maximum atomic E-state index is 10.1. The van der Waals surface area contributed by atoms with Gasteiger partial charge in [0.2, 0.25) is 0 Å². The average molecular weight is 623 g/mol. The van der Waals surface area contributed by atoms with Gasteiger partial charge in [-0.15, -0.1) is 0 Å². The predicted octanol–water partition coefficient (Wildman–Crippen LogP) is 0.420. The number of rotatable bonds is 2. The van der Waals surface area contributed by atoms with E-state index < -0.39 is 24.5 Å². The molecule has 0 amide bonds. The van der Waals surface area contributed by atoms with Crippen molar-refractivity contribution in [3.63, 3.8) is 0 Å². The van der Waals surface area contributed by atoms with Crippen LogP contribution in [-0.4, -0.2) is 72.4 Å². The highest BCUT2D eigenvalue weighted by molar-refractivity contribution is 14.1. The number of alkyl halides is 1. The van der Waals surface area contributed by atoms with Gasteiger partial charge >= 0.3 is 0 Å². The van der Waals surface area contributed by atoms with Crippen LogP contribution in [0.5, 0.6) is 0 Å². The minimum absolute atomic E-state index is 0.266. The minimum atomic E-state index is -1.03. The Hall–Kier alpha value is -1.76. The van der Waals surface area contributed by atoms with E-state index in [0.717, 1.165) is 14.9 Å². The first-order chi connectivity index (χ1) is 14.0. The molecule has 0 saturated carbocycles. The minimum Gasteiger partial charge on any atom is -0.387 e. The molecule has 14 heteroatoms. The van der Waals surface area contributed by atoms with E-state index in [2.05, 4.69) is 80.1 Å². The molecule has 152 valence electrons. The molecule has 1 saturated heterocycles. The molecule has 0 aromatic carbocycles. The second kappa shape index (κ2) is 8.54. The highest BCUT2D eigenvalue weighted by atomic mass is 127. The second-order valence-electron chi connectivity index (χ2n) is 6.05. The van der Waals surface area contributed by atoms with Gasteiger partial charge in [0.25, 0.3) is 0 Å². The smallest absolute Gasteiger partial charge is 0.181 e. The number of halogens is 2. The maximum Gasteiger partial charge on any atom is 0.181 e. The molecule has 29 heavy (non-hydrogen) atoms. The monoisotopic (exact) mass is 623 g/mol. The second-order valence-corrected chi connectivity index (χ2v) is 7.95. The summed E-state index contributed by atoms with van der Waals surface area (Å²) < 4.78 is 8.69. The van der Waals surface area contributed by atoms with Crippen LogP contribution in [0.2, 0.25) is 0 Å². The number of fused-ring (bicyclic) bond motifs is 2. The number of aliphatic hydroxyl groups excluding tert-OH is 2. The number of H-pyrrole nitrogens is 1. The first-order valence-corrected chi connectivity index (χ1v) is 10.9. The fraction of sp³-hybridized carbons (Fsp3) is 0.333. The molecule has 0 bridgehead atoms. The third kappa shape index (κ3) is 3.86. The number of aromatic amines is 1. The highest BCUT2D eigenvalue weighted by Crippen LogP contribution is 2.32. The molecule has 5 N–H and O–H groups in total. The summed E-state index contributed by atoms with van der Waals surface area (Å²) in [6, 6.07) is 0. The molecule has 0 spiro atoms. The number of nitrogens with two attached hydrogens (primary N) is 1. The Balaban J connectivity index is 0.000000171. The molecule has 0 radical (unpaired) electrons. The van der Waals surface area contributed by atoms with Gasteiger partial charge < -0.3 is 25.7 Å². The number of hydrogen-bond acceptors (Lipinski definition) is 10. The largest absolute Gasteiger partial charge is 0.387 e. The summed E-state index contributed by atoms with van der Waals surface area (Å²) in [5.41, 5.74) is 8.25. The van der Waals surface area contributed by atoms with Gasteiger partial charge in [-0.25, -0.2) is 29.9 Å². The Morgan fingerprint density at radius 2 is 1.90 bits per heavy atom. The summed E-state index contributed by atoms with van der Waals surface area (Å²) in [6.45, 7) is 0. The van der Waals surface area contributed by atoms with Gasteiger partial charge in [-0.2, -0.15) is 0 Å². The van der Waals surface area contributed by atoms with Crippen molar-refractivity contribution < 1.29 is 14.9 Å². The molecular weight excluding hydrogens is 608 g/mol. The molecule has 1 aliphatic rings. The fourth-order valence-electron chi connectivity index (χ4n) is 2.88. The van der Waals surface area contributed by atoms with Crippen LogP contribution in [0.25, 0.3) is 22.3 Å². The number of imidazole rings is 2. The van der Waals surface area contributed by atoms with Crippen molar-refractivity contribution in [3.8, 4) is 0 Å². The maximum absolute atomic E-state index is 10.1. The molecule has 5 heterocycles. The van der Waals surface area contributed by atoms with E-state index >= 15 is 0 Å². The molecule has 12 nitrogen and oxygen atoms in total. The van der Waals surface area contributed by atoms with Crippen LogP contribution in [-0.2, 0) is 4.74 Å². The Kier molecular flexibility index (Phi) is 6.04. The van der Waals surface area contributed by atoms with Crippen molar-refractivity contribution >= 4 is 73.3 Å². The van der Waals surface area contributed by atoms with E-state index in [4.69, 9.17) is 10.5 Å². The summed E-state index contributed by atoms with van der Waals surface area (Å²) >= 11 is 4.23. The van der Waals surface area contributed by atoms with Crippen LogP contribution < -0.4 is 5.73 Å². The van der Waals surface area contributed by atoms with Crippen LogP contribution in [0, 0.1) is 3.70 Å². The van der Waals surface area contributed by atoms with Crippen LogP contribution in [0.4, 0.5) is 5.82 Å². The molecule has 1 fully saturated rings. The quantitative estimate of drug-likeness (QED) is 0.139. The molecule has 1 aliphatic heterocycles. The molecular formula is C15H15I2N9O3. The van der Waals surface area contributed by atoms with Crippen LogP contribution in [0.1, 0.15) is 6.23 Å². The van der Waals surface area contributed by atoms with E-state index in [1.807, 2.05) is 0 Å². The lowest BCUT2D eigenvalue weighted by molar-refractivity contribution is -0.0283. The van der Waals surface area contributed by atoms with Gasteiger partial charge in [0.15, 0.2) is 23.3 Å². The van der Waals surface area contributed by atoms with E-state index in [-0.39, 0.29) is 5.82 Å². The zero-order chi connectivity index (χ0) is 20.5. The first-order valence-electron chi connectivity index (χ1n) is 8.31. The lowest BCUT2D eigenvalue weighted by atomic mass is 10.1. The van der Waals surface area contributed by atoms with Crippen molar-refractivity contribution in [2.45, 2.75) is 24.5 Å². The van der Waals surface area contributed by atoms with Gasteiger partial charge in [-0.1, -0.05) is 22.6 Å². The lowest BCUT2D eigenvalue weighted by Gasteiger charge is -2.16. The van der Waals surface area contributed by atoms with E-state index in [1.54, 1.807) is 10.9 Å². The van der Waals surface area contributed by atoms with Crippen LogP contribution in [0.15, 0.2) is 25.3 Å². The Morgan fingerprint density at radius 1 is 1.10 bits per heavy atom. The number of nitrogens with zero attached hydrogens (tertiary/aromatic N) is 7. The number of nitrogen functional groups attached to an aromatic ring is 1. The van der Waals surface area contributed by atoms with Crippen LogP contribution >= 0.6 is 45.2 Å². The zero-order valence-corrected chi connectivity index (χ0v) is 18.9. The zero-order valence-electron chi connectivity index (χ0n) is 14.6. The summed E-state index contributed by atoms with van der Waals surface area (Å²) in [7, 11) is 0. The number of anilines is 1. The van der Waals surface area contributed by atoms with E-state index in [0.29, 0.717) is 15.6 Å². The van der Waals surface area contributed by atoms with Crippen molar-refractivity contribution in [2.75, 3.05) is 10.2 Å². The van der Waals surface area contributed by atoms with Gasteiger partial charge in [0.1, 0.15) is 39.6 Å². The van der Waals surface area contributed by atoms with Crippen molar-refractivity contribution in [3.05, 3.63) is 29.0 Å². The fourth-order valence-corrected chi connectivity index (χ4v) is 4.13. The van der Waals surface area contributed by atoms with Crippen molar-refractivity contribution in [2.24, 2.45) is 0 Å². The number of aliphatic hydroxyl groups is 2. The number of ether oxygens (including phenoxy) is 1. The average Bonchev–Trinajstić information content (AvgIpc) is 3.42. The third-order valence-corrected chi connectivity index (χ3v) is 6.01. The lowest BCUT2D eigenvalue weighted by Crippen LogP contribution is -2.32. The summed E-state index contributed by atoms with van der Waals surface area (Å²) in [4.78, 5) is 26.9. The highest BCUT2D eigenvalue weighted by Gasteiger charge is 2.43. The van der Waals surface area contributed by atoms with Crippen LogP contribution in [0.3, 0.4) is 0 Å². The van der Waals surface area contributed by atoms with E-state index in [9.17, 15) is 10.2 Å². The topological polar surface area (TPSA) is 174 Å². The van der Waals surface area contributed by atoms with Crippen molar-refractivity contribution in [1.82, 2.24) is 39.5 Å². The number of nitrogens with one attached hydrogen (secondary N) is 1. The van der Waals surface area contributed by atoms with Gasteiger partial charge in [-0.05, 0) is 22.6 Å². The van der Waals surface area contributed by atoms with Gasteiger partial charge in [0.05, 0.1) is 18.8 Å². The first kappa shape index (κ1) is 20.5. The van der Waals surface area contributed by atoms with Gasteiger partial charge in [0, 0.05) is 4.43 Å². The SMILES string of the molecule is Ic1ncnc2nc[nH]c12.Nc1ncnc2c1ncn2[C@@H]1O[C@H](CI)[C@@H](O)[C@H]1O. The van der Waals surface area contributed by atoms with Gasteiger partial charge in [-0.3, -0.25) is 4.57 Å². The molecule has 4 atom stereocenters. The third-order valence-electron chi connectivity index (χ3n) is 4.33. The number of aromatic nitrogens is 8. The van der Waals surface area contributed by atoms with E-state index in [1.165, 1.54) is 19.0 Å².